The van der Waals surface area contributed by atoms with Crippen molar-refractivity contribution in [2.75, 3.05) is 5.43 Å². The predicted octanol–water partition coefficient (Wildman–Crippen LogP) is 3.61. The van der Waals surface area contributed by atoms with Gasteiger partial charge < -0.3 is 0 Å². The molecule has 0 unspecified atom stereocenters. The van der Waals surface area contributed by atoms with Gasteiger partial charge >= 0.3 is 0 Å². The smallest absolute Gasteiger partial charge is 0.260 e. The van der Waals surface area contributed by atoms with E-state index in [1.54, 1.807) is 0 Å². The molecule has 106 valence electrons. The standard InChI is InChI=1S/C12H9N5O4/c18-16(19)11-5-1-9(2-6-11)13-15-14-10-3-7-12(8-4-10)17(20)21/h1-8H,(H,13,14). The van der Waals surface area contributed by atoms with Gasteiger partial charge in [-0.05, 0) is 24.3 Å². The van der Waals surface area contributed by atoms with Gasteiger partial charge in [0, 0.05) is 24.3 Å². The molecule has 2 aromatic carbocycles. The van der Waals surface area contributed by atoms with Crippen LogP contribution in [0.3, 0.4) is 0 Å². The first kappa shape index (κ1) is 14.1. The third-order valence-corrected chi connectivity index (χ3v) is 2.48. The van der Waals surface area contributed by atoms with Crippen LogP contribution in [-0.4, -0.2) is 9.85 Å². The van der Waals surface area contributed by atoms with Crippen molar-refractivity contribution in [2.45, 2.75) is 0 Å². The average molecular weight is 287 g/mol. The zero-order chi connectivity index (χ0) is 15.2. The number of hydrogen-bond donors (Lipinski definition) is 1. The minimum absolute atomic E-state index is 0.0205. The lowest BCUT2D eigenvalue weighted by atomic mass is 10.3. The first-order valence-electron chi connectivity index (χ1n) is 5.72. The summed E-state index contributed by atoms with van der Waals surface area (Å²) in [5, 5.41) is 28.5. The molecule has 0 spiro atoms. The van der Waals surface area contributed by atoms with E-state index in [1.807, 2.05) is 0 Å². The Morgan fingerprint density at radius 3 is 1.76 bits per heavy atom. The quantitative estimate of drug-likeness (QED) is 0.511. The van der Waals surface area contributed by atoms with Crippen molar-refractivity contribution >= 4 is 22.7 Å². The fourth-order valence-corrected chi connectivity index (χ4v) is 1.44. The number of nitrogens with zero attached hydrogens (tertiary/aromatic N) is 4. The molecule has 21 heavy (non-hydrogen) atoms. The molecule has 2 rings (SSSR count). The van der Waals surface area contributed by atoms with Crippen molar-refractivity contribution in [2.24, 2.45) is 10.3 Å². The summed E-state index contributed by atoms with van der Waals surface area (Å²) in [6, 6.07) is 11.2. The second-order valence-corrected chi connectivity index (χ2v) is 3.89. The maximum absolute atomic E-state index is 10.5. The van der Waals surface area contributed by atoms with Crippen LogP contribution in [0.2, 0.25) is 0 Å². The van der Waals surface area contributed by atoms with Crippen LogP contribution in [0.4, 0.5) is 22.7 Å². The Labute approximate surface area is 118 Å². The predicted molar refractivity (Wildman–Crippen MR) is 74.3 cm³/mol. The van der Waals surface area contributed by atoms with Gasteiger partial charge in [-0.3, -0.25) is 25.7 Å². The van der Waals surface area contributed by atoms with Crippen molar-refractivity contribution in [1.82, 2.24) is 0 Å². The van der Waals surface area contributed by atoms with Gasteiger partial charge in [0.1, 0.15) is 0 Å². The molecule has 0 heterocycles. The van der Waals surface area contributed by atoms with Gasteiger partial charge in [0.2, 0.25) is 0 Å². The van der Waals surface area contributed by atoms with Crippen LogP contribution < -0.4 is 5.43 Å². The minimum atomic E-state index is -0.504. The number of rotatable bonds is 5. The molecule has 2 aromatic rings. The highest BCUT2D eigenvalue weighted by atomic mass is 16.6. The largest absolute Gasteiger partial charge is 0.269 e. The van der Waals surface area contributed by atoms with Crippen molar-refractivity contribution in [3.63, 3.8) is 0 Å². The van der Waals surface area contributed by atoms with E-state index in [0.717, 1.165) is 0 Å². The zero-order valence-corrected chi connectivity index (χ0v) is 10.5. The monoisotopic (exact) mass is 287 g/mol. The molecule has 0 amide bonds. The molecular weight excluding hydrogens is 278 g/mol. The molecule has 0 bridgehead atoms. The molecule has 0 aliphatic heterocycles. The molecule has 0 saturated heterocycles. The van der Waals surface area contributed by atoms with Crippen LogP contribution in [0.1, 0.15) is 0 Å². The van der Waals surface area contributed by atoms with Crippen LogP contribution in [0.25, 0.3) is 0 Å². The van der Waals surface area contributed by atoms with E-state index in [9.17, 15) is 20.2 Å². The lowest BCUT2D eigenvalue weighted by Gasteiger charge is -1.98. The molecule has 9 heteroatoms. The summed E-state index contributed by atoms with van der Waals surface area (Å²) in [6.45, 7) is 0. The van der Waals surface area contributed by atoms with Crippen molar-refractivity contribution in [1.29, 1.82) is 0 Å². The highest BCUT2D eigenvalue weighted by Gasteiger charge is 2.04. The van der Waals surface area contributed by atoms with Crippen LogP contribution in [0, 0.1) is 20.2 Å². The van der Waals surface area contributed by atoms with Gasteiger partial charge in [0.15, 0.2) is 0 Å². The van der Waals surface area contributed by atoms with Crippen molar-refractivity contribution in [3.8, 4) is 0 Å². The lowest BCUT2D eigenvalue weighted by Crippen LogP contribution is -1.89. The molecule has 0 aliphatic rings. The normalized spacial score (nSPS) is 10.5. The Bertz CT molecular complexity index is 682. The van der Waals surface area contributed by atoms with Crippen LogP contribution >= 0.6 is 0 Å². The van der Waals surface area contributed by atoms with E-state index in [1.165, 1.54) is 48.5 Å². The molecule has 0 aromatic heterocycles. The zero-order valence-electron chi connectivity index (χ0n) is 10.5. The highest BCUT2D eigenvalue weighted by Crippen LogP contribution is 2.19. The van der Waals surface area contributed by atoms with E-state index in [-0.39, 0.29) is 11.4 Å². The molecule has 0 radical (unpaired) electrons. The maximum atomic E-state index is 10.5. The summed E-state index contributed by atoms with van der Waals surface area (Å²) in [5.41, 5.74) is 3.52. The number of benzene rings is 2. The second kappa shape index (κ2) is 6.19. The highest BCUT2D eigenvalue weighted by molar-refractivity contribution is 5.48. The van der Waals surface area contributed by atoms with Crippen LogP contribution in [0.15, 0.2) is 58.9 Å². The summed E-state index contributed by atoms with van der Waals surface area (Å²) in [6.07, 6.45) is 0. The van der Waals surface area contributed by atoms with Crippen LogP contribution in [0.5, 0.6) is 0 Å². The number of nitro benzene ring substituents is 2. The van der Waals surface area contributed by atoms with E-state index in [2.05, 4.69) is 15.8 Å². The fraction of sp³-hybridized carbons (Fsp3) is 0. The first-order valence-corrected chi connectivity index (χ1v) is 5.72. The van der Waals surface area contributed by atoms with Gasteiger partial charge in [-0.2, -0.15) is 0 Å². The summed E-state index contributed by atoms with van der Waals surface area (Å²) in [5.74, 6) is 0. The van der Waals surface area contributed by atoms with E-state index < -0.39 is 9.85 Å². The van der Waals surface area contributed by atoms with Gasteiger partial charge in [-0.25, -0.2) is 0 Å². The Balaban J connectivity index is 1.98. The fourth-order valence-electron chi connectivity index (χ4n) is 1.44. The Hall–Kier alpha value is -3.36. The third-order valence-electron chi connectivity index (χ3n) is 2.48. The summed E-state index contributed by atoms with van der Waals surface area (Å²) < 4.78 is 0. The number of nitrogens with one attached hydrogen (secondary N) is 1. The number of nitro groups is 2. The van der Waals surface area contributed by atoms with Crippen molar-refractivity contribution in [3.05, 3.63) is 68.8 Å². The number of anilines is 1. The molecule has 0 atom stereocenters. The Kier molecular flexibility index (Phi) is 4.14. The molecule has 0 fully saturated rings. The lowest BCUT2D eigenvalue weighted by molar-refractivity contribution is -0.385. The number of hydrogen-bond acceptors (Lipinski definition) is 6. The van der Waals surface area contributed by atoms with Gasteiger partial charge in [0.25, 0.3) is 11.4 Å². The van der Waals surface area contributed by atoms with Gasteiger partial charge in [0.05, 0.1) is 21.2 Å². The average Bonchev–Trinajstić information content (AvgIpc) is 2.48. The third kappa shape index (κ3) is 3.80. The Morgan fingerprint density at radius 2 is 1.29 bits per heavy atom. The van der Waals surface area contributed by atoms with E-state index >= 15 is 0 Å². The SMILES string of the molecule is O=[N+]([O-])c1ccc(N=NNc2ccc([N+](=O)[O-])cc2)cc1. The van der Waals surface area contributed by atoms with Crippen LogP contribution in [-0.2, 0) is 0 Å². The summed E-state index contributed by atoms with van der Waals surface area (Å²) >= 11 is 0. The van der Waals surface area contributed by atoms with Gasteiger partial charge in [-0.1, -0.05) is 5.22 Å². The van der Waals surface area contributed by atoms with E-state index in [0.29, 0.717) is 11.4 Å². The second-order valence-electron chi connectivity index (χ2n) is 3.89. The van der Waals surface area contributed by atoms with Crippen molar-refractivity contribution < 1.29 is 9.85 Å². The molecule has 0 aliphatic carbocycles. The summed E-state index contributed by atoms with van der Waals surface area (Å²) in [7, 11) is 0. The van der Waals surface area contributed by atoms with Gasteiger partial charge in [-0.15, -0.1) is 5.11 Å². The van der Waals surface area contributed by atoms with E-state index in [4.69, 9.17) is 0 Å². The minimum Gasteiger partial charge on any atom is -0.260 e. The molecule has 9 nitrogen and oxygen atoms in total. The topological polar surface area (TPSA) is 123 Å². The Morgan fingerprint density at radius 1 is 0.810 bits per heavy atom. The number of non-ortho nitro benzene ring substituents is 2. The first-order chi connectivity index (χ1) is 10.1. The molecular formula is C12H9N5O4. The molecule has 0 saturated carbocycles. The molecule has 1 N–H and O–H groups in total. The summed E-state index contributed by atoms with van der Waals surface area (Å²) in [4.78, 5) is 20.0. The maximum Gasteiger partial charge on any atom is 0.269 e.